The van der Waals surface area contributed by atoms with Crippen molar-refractivity contribution in [2.75, 3.05) is 24.4 Å². The number of aryl methyl sites for hydroxylation is 1. The number of hydrogen-bond donors (Lipinski definition) is 2. The number of aromatic nitrogens is 2. The van der Waals surface area contributed by atoms with Crippen LogP contribution in [0.3, 0.4) is 0 Å². The average Bonchev–Trinajstić information content (AvgIpc) is 2.79. The van der Waals surface area contributed by atoms with Crippen LogP contribution in [0.2, 0.25) is 0 Å². The van der Waals surface area contributed by atoms with Gasteiger partial charge in [0.05, 0.1) is 7.11 Å². The summed E-state index contributed by atoms with van der Waals surface area (Å²) in [7, 11) is 1.28. The highest BCUT2D eigenvalue weighted by Gasteiger charge is 2.22. The van der Waals surface area contributed by atoms with Crippen LogP contribution in [-0.4, -0.2) is 39.7 Å². The molecule has 0 aliphatic rings. The average molecular weight is 510 g/mol. The van der Waals surface area contributed by atoms with Gasteiger partial charge in [-0.3, -0.25) is 15.6 Å². The standard InChI is InChI=1S/C22H19Cl3N4O4/c1-13-3-4-17(28-21(31)33-12-22(23,24)25)9-18(13)16-7-15(10-26-11-16)14-5-6-27-19(8-14)29-20(30)32-2/h3-11H,12H2,1-2H3,(H,28,31)(H,27,29,30). The summed E-state index contributed by atoms with van der Waals surface area (Å²) in [5.74, 6) is 0.348. The van der Waals surface area contributed by atoms with E-state index >= 15 is 0 Å². The Bertz CT molecular complexity index is 1170. The first-order valence-corrected chi connectivity index (χ1v) is 10.7. The maximum atomic E-state index is 12.0. The van der Waals surface area contributed by atoms with Crippen LogP contribution in [0.15, 0.2) is 55.0 Å². The highest BCUT2D eigenvalue weighted by atomic mass is 35.6. The van der Waals surface area contributed by atoms with Gasteiger partial charge in [-0.15, -0.1) is 0 Å². The lowest BCUT2D eigenvalue weighted by molar-refractivity contribution is 0.164. The number of nitrogens with one attached hydrogen (secondary N) is 2. The van der Waals surface area contributed by atoms with E-state index in [1.165, 1.54) is 7.11 Å². The number of carbonyl (C=O) groups excluding carboxylic acids is 2. The van der Waals surface area contributed by atoms with Gasteiger partial charge < -0.3 is 9.47 Å². The molecule has 0 bridgehead atoms. The van der Waals surface area contributed by atoms with Crippen molar-refractivity contribution in [2.45, 2.75) is 10.7 Å². The predicted octanol–water partition coefficient (Wildman–Crippen LogP) is 6.22. The molecule has 3 rings (SSSR count). The molecule has 1 aromatic carbocycles. The number of amides is 2. The number of anilines is 2. The largest absolute Gasteiger partial charge is 0.453 e. The van der Waals surface area contributed by atoms with E-state index in [1.54, 1.807) is 42.9 Å². The molecule has 0 atom stereocenters. The molecule has 0 radical (unpaired) electrons. The number of nitrogens with zero attached hydrogens (tertiary/aromatic N) is 2. The van der Waals surface area contributed by atoms with Crippen LogP contribution in [0.1, 0.15) is 5.56 Å². The Balaban J connectivity index is 1.84. The van der Waals surface area contributed by atoms with Crippen molar-refractivity contribution in [2.24, 2.45) is 0 Å². The third-order valence-corrected chi connectivity index (χ3v) is 4.74. The third kappa shape index (κ3) is 7.21. The van der Waals surface area contributed by atoms with Gasteiger partial charge >= 0.3 is 12.2 Å². The van der Waals surface area contributed by atoms with Gasteiger partial charge in [-0.05, 0) is 53.9 Å². The number of rotatable bonds is 5. The zero-order valence-corrected chi connectivity index (χ0v) is 19.8. The predicted molar refractivity (Wildman–Crippen MR) is 129 cm³/mol. The fourth-order valence-electron chi connectivity index (χ4n) is 2.89. The van der Waals surface area contributed by atoms with Crippen molar-refractivity contribution < 1.29 is 19.1 Å². The minimum Gasteiger partial charge on any atom is -0.453 e. The maximum absolute atomic E-state index is 12.0. The lowest BCUT2D eigenvalue weighted by atomic mass is 9.98. The molecule has 2 aromatic heterocycles. The number of methoxy groups -OCH3 is 1. The van der Waals surface area contributed by atoms with Gasteiger partial charge in [0, 0.05) is 35.4 Å². The molecule has 0 spiro atoms. The highest BCUT2D eigenvalue weighted by Crippen LogP contribution is 2.30. The molecule has 11 heteroatoms. The van der Waals surface area contributed by atoms with Gasteiger partial charge in [0.1, 0.15) is 12.4 Å². The molecule has 33 heavy (non-hydrogen) atoms. The molecular weight excluding hydrogens is 491 g/mol. The van der Waals surface area contributed by atoms with E-state index in [4.69, 9.17) is 39.5 Å². The van der Waals surface area contributed by atoms with Gasteiger partial charge in [-0.25, -0.2) is 14.6 Å². The Labute approximate surface area is 205 Å². The first kappa shape index (κ1) is 24.6. The van der Waals surface area contributed by atoms with Crippen LogP contribution in [-0.2, 0) is 9.47 Å². The zero-order chi connectivity index (χ0) is 24.0. The van der Waals surface area contributed by atoms with Crippen LogP contribution >= 0.6 is 34.8 Å². The molecule has 3 aromatic rings. The van der Waals surface area contributed by atoms with Gasteiger partial charge in [-0.1, -0.05) is 40.9 Å². The molecule has 0 saturated heterocycles. The Morgan fingerprint density at radius 1 is 0.970 bits per heavy atom. The van der Waals surface area contributed by atoms with E-state index in [-0.39, 0.29) is 6.61 Å². The Hall–Kier alpha value is -3.07. The number of pyridine rings is 2. The van der Waals surface area contributed by atoms with Crippen molar-refractivity contribution in [3.05, 3.63) is 60.6 Å². The summed E-state index contributed by atoms with van der Waals surface area (Å²) in [6.07, 6.45) is 3.63. The SMILES string of the molecule is COC(=O)Nc1cc(-c2cncc(-c3cc(NC(=O)OCC(Cl)(Cl)Cl)ccc3C)c2)ccn1. The maximum Gasteiger partial charge on any atom is 0.412 e. The fraction of sp³-hybridized carbons (Fsp3) is 0.182. The van der Waals surface area contributed by atoms with E-state index in [2.05, 4.69) is 25.3 Å². The van der Waals surface area contributed by atoms with Crippen molar-refractivity contribution in [1.82, 2.24) is 9.97 Å². The Morgan fingerprint density at radius 2 is 1.73 bits per heavy atom. The van der Waals surface area contributed by atoms with Crippen molar-refractivity contribution >= 4 is 58.5 Å². The second kappa shape index (κ2) is 10.7. The number of ether oxygens (including phenoxy) is 2. The Morgan fingerprint density at radius 3 is 2.45 bits per heavy atom. The summed E-state index contributed by atoms with van der Waals surface area (Å²) in [6, 6.07) is 10.8. The Kier molecular flexibility index (Phi) is 7.97. The molecule has 0 fully saturated rings. The summed E-state index contributed by atoms with van der Waals surface area (Å²) >= 11 is 16.8. The highest BCUT2D eigenvalue weighted by molar-refractivity contribution is 6.67. The number of benzene rings is 1. The number of carbonyl (C=O) groups is 2. The molecule has 172 valence electrons. The van der Waals surface area contributed by atoms with Gasteiger partial charge in [-0.2, -0.15) is 0 Å². The third-order valence-electron chi connectivity index (χ3n) is 4.41. The topological polar surface area (TPSA) is 102 Å². The molecule has 0 saturated carbocycles. The number of hydrogen-bond acceptors (Lipinski definition) is 6. The number of halogens is 3. The van der Waals surface area contributed by atoms with E-state index in [0.29, 0.717) is 11.5 Å². The fourth-order valence-corrected chi connectivity index (χ4v) is 3.05. The first-order chi connectivity index (χ1) is 15.6. The smallest absolute Gasteiger partial charge is 0.412 e. The zero-order valence-electron chi connectivity index (χ0n) is 17.6. The summed E-state index contributed by atoms with van der Waals surface area (Å²) < 4.78 is 7.81. The quantitative estimate of drug-likeness (QED) is 0.396. The summed E-state index contributed by atoms with van der Waals surface area (Å²) in [6.45, 7) is 1.56. The van der Waals surface area contributed by atoms with Crippen LogP contribution in [0.5, 0.6) is 0 Å². The summed E-state index contributed by atoms with van der Waals surface area (Å²) in [5, 5.41) is 5.14. The van der Waals surface area contributed by atoms with Crippen molar-refractivity contribution in [3.63, 3.8) is 0 Å². The minimum atomic E-state index is -1.69. The van der Waals surface area contributed by atoms with Gasteiger partial charge in [0.15, 0.2) is 0 Å². The molecule has 2 amide bonds. The van der Waals surface area contributed by atoms with Gasteiger partial charge in [0.25, 0.3) is 0 Å². The first-order valence-electron chi connectivity index (χ1n) is 9.52. The molecule has 0 aliphatic heterocycles. The van der Waals surface area contributed by atoms with Gasteiger partial charge in [0.2, 0.25) is 3.79 Å². The van der Waals surface area contributed by atoms with Crippen molar-refractivity contribution in [1.29, 1.82) is 0 Å². The lowest BCUT2D eigenvalue weighted by Crippen LogP contribution is -2.21. The molecular formula is C22H19Cl3N4O4. The van der Waals surface area contributed by atoms with Crippen molar-refractivity contribution in [3.8, 4) is 22.3 Å². The molecule has 0 aliphatic carbocycles. The van der Waals surface area contributed by atoms with Crippen LogP contribution < -0.4 is 10.6 Å². The molecule has 8 nitrogen and oxygen atoms in total. The second-order valence-corrected chi connectivity index (χ2v) is 9.37. The molecule has 2 N–H and O–H groups in total. The van der Waals surface area contributed by atoms with E-state index in [9.17, 15) is 9.59 Å². The summed E-state index contributed by atoms with van der Waals surface area (Å²) in [5.41, 5.74) is 4.75. The number of alkyl halides is 3. The normalized spacial score (nSPS) is 10.9. The van der Waals surface area contributed by atoms with E-state index in [0.717, 1.165) is 27.8 Å². The summed E-state index contributed by atoms with van der Waals surface area (Å²) in [4.78, 5) is 31.9. The van der Waals surface area contributed by atoms with Crippen LogP contribution in [0, 0.1) is 6.92 Å². The lowest BCUT2D eigenvalue weighted by Gasteiger charge is -2.14. The monoisotopic (exact) mass is 508 g/mol. The second-order valence-electron chi connectivity index (χ2n) is 6.85. The van der Waals surface area contributed by atoms with E-state index < -0.39 is 16.0 Å². The van der Waals surface area contributed by atoms with Crippen LogP contribution in [0.25, 0.3) is 22.3 Å². The molecule has 0 unspecified atom stereocenters. The van der Waals surface area contributed by atoms with E-state index in [1.807, 2.05) is 19.1 Å². The molecule has 2 heterocycles. The minimum absolute atomic E-state index is 0.348. The van der Waals surface area contributed by atoms with Crippen LogP contribution in [0.4, 0.5) is 21.1 Å².